The van der Waals surface area contributed by atoms with Crippen molar-refractivity contribution in [1.29, 1.82) is 0 Å². The number of furan rings is 2. The van der Waals surface area contributed by atoms with Gasteiger partial charge in [-0.25, -0.2) is 0 Å². The molecule has 0 atom stereocenters. The van der Waals surface area contributed by atoms with Crippen LogP contribution >= 0.6 is 15.9 Å². The Hall–Kier alpha value is -3.24. The zero-order valence-electron chi connectivity index (χ0n) is 21.2. The summed E-state index contributed by atoms with van der Waals surface area (Å²) in [5.41, 5.74) is 5.27. The molecule has 0 fully saturated rings. The summed E-state index contributed by atoms with van der Waals surface area (Å²) in [5, 5.41) is 22.5. The molecule has 2 N–H and O–H groups in total. The maximum atomic E-state index is 9.12. The molecule has 3 aromatic carbocycles. The van der Waals surface area contributed by atoms with Gasteiger partial charge in [-0.1, -0.05) is 53.2 Å². The van der Waals surface area contributed by atoms with Gasteiger partial charge in [0, 0.05) is 25.9 Å². The van der Waals surface area contributed by atoms with Crippen LogP contribution in [-0.2, 0) is 6.42 Å². The van der Waals surface area contributed by atoms with E-state index < -0.39 is 7.12 Å². The number of aryl methyl sites for hydroxylation is 1. The van der Waals surface area contributed by atoms with Crippen molar-refractivity contribution in [1.82, 2.24) is 0 Å². The van der Waals surface area contributed by atoms with Gasteiger partial charge in [0.2, 0.25) is 0 Å². The van der Waals surface area contributed by atoms with Gasteiger partial charge in [0.1, 0.15) is 22.2 Å². The van der Waals surface area contributed by atoms with E-state index in [-0.39, 0.29) is 0 Å². The van der Waals surface area contributed by atoms with Gasteiger partial charge in [0.25, 0.3) is 0 Å². The lowest BCUT2D eigenvalue weighted by Crippen LogP contribution is -2.30. The van der Waals surface area contributed by atoms with Crippen LogP contribution in [-0.4, -0.2) is 17.2 Å². The van der Waals surface area contributed by atoms with Crippen LogP contribution in [0.3, 0.4) is 0 Å². The van der Waals surface area contributed by atoms with Crippen LogP contribution < -0.4 is 16.1 Å². The molecule has 0 bridgehead atoms. The van der Waals surface area contributed by atoms with Gasteiger partial charge >= 0.3 is 7.12 Å². The Morgan fingerprint density at radius 1 is 0.861 bits per heavy atom. The number of fused-ring (bicyclic) bond motifs is 4. The van der Waals surface area contributed by atoms with Gasteiger partial charge in [0.15, 0.2) is 0 Å². The zero-order valence-corrected chi connectivity index (χ0v) is 22.8. The van der Waals surface area contributed by atoms with Gasteiger partial charge in [-0.3, -0.25) is 0 Å². The van der Waals surface area contributed by atoms with E-state index in [0.29, 0.717) is 5.46 Å². The molecule has 2 heterocycles. The van der Waals surface area contributed by atoms with Crippen LogP contribution in [0.15, 0.2) is 67.9 Å². The van der Waals surface area contributed by atoms with Crippen molar-refractivity contribution in [2.45, 2.75) is 41.0 Å². The third-order valence-electron chi connectivity index (χ3n) is 5.80. The van der Waals surface area contributed by atoms with E-state index in [0.717, 1.165) is 43.7 Å². The maximum Gasteiger partial charge on any atom is 0.488 e. The smallest absolute Gasteiger partial charge is 0.456 e. The highest BCUT2D eigenvalue weighted by Crippen LogP contribution is 2.34. The van der Waals surface area contributed by atoms with E-state index in [1.165, 1.54) is 16.3 Å². The number of hydrogen-bond donors (Lipinski definition) is 2. The topological polar surface area (TPSA) is 66.7 Å². The Labute approximate surface area is 220 Å². The first-order valence-electron chi connectivity index (χ1n) is 11.8. The highest BCUT2D eigenvalue weighted by atomic mass is 79.9. The SMILES string of the molecule is C/C=c1\c(=C/C)oc2ccc(B(O)O)cc12.CC#CC.CCc1ccc2oc3cccc(Br)c3c2c1. The number of halogens is 1. The van der Waals surface area contributed by atoms with E-state index >= 15 is 0 Å². The van der Waals surface area contributed by atoms with Crippen LogP contribution in [0.4, 0.5) is 0 Å². The number of benzene rings is 3. The predicted molar refractivity (Wildman–Crippen MR) is 155 cm³/mol. The van der Waals surface area contributed by atoms with Crippen molar-refractivity contribution < 1.29 is 18.9 Å². The summed E-state index contributed by atoms with van der Waals surface area (Å²) in [6, 6.07) is 17.6. The van der Waals surface area contributed by atoms with E-state index in [1.54, 1.807) is 18.2 Å². The first-order chi connectivity index (χ1) is 17.4. The van der Waals surface area contributed by atoms with Crippen LogP contribution in [0.5, 0.6) is 0 Å². The second-order valence-electron chi connectivity index (χ2n) is 7.99. The summed E-state index contributed by atoms with van der Waals surface area (Å²) in [5.74, 6) is 5.36. The molecule has 0 amide bonds. The third kappa shape index (κ3) is 5.94. The van der Waals surface area contributed by atoms with Crippen molar-refractivity contribution in [3.63, 3.8) is 0 Å². The standard InChI is InChI=1S/C14H11BrO.C12H13BO3.C4H6/c1-2-9-6-7-12-10(8-9)14-11(15)4-3-5-13(14)16-12;1-3-9-10-7-8(13(14)15)5-6-12(10)16-11(9)4-2;1-3-4-2/h3-8H,2H2,1H3;3-7,14-15H,1-2H3;1-2H3/b;9-3-,11-4+;. The molecule has 2 aromatic heterocycles. The molecule has 0 saturated heterocycles. The quantitative estimate of drug-likeness (QED) is 0.222. The molecule has 36 heavy (non-hydrogen) atoms. The lowest BCUT2D eigenvalue weighted by molar-refractivity contribution is 0.426. The van der Waals surface area contributed by atoms with Crippen LogP contribution in [0.25, 0.3) is 45.1 Å². The Balaban J connectivity index is 0.000000175. The van der Waals surface area contributed by atoms with E-state index in [2.05, 4.69) is 59.0 Å². The molecule has 0 aliphatic carbocycles. The lowest BCUT2D eigenvalue weighted by Gasteiger charge is -1.97. The first kappa shape index (κ1) is 27.4. The van der Waals surface area contributed by atoms with Gasteiger partial charge in [0.05, 0.1) is 0 Å². The summed E-state index contributed by atoms with van der Waals surface area (Å²) < 4.78 is 12.5. The molecule has 0 aliphatic rings. The normalized spacial score (nSPS) is 11.6. The molecule has 0 radical (unpaired) electrons. The summed E-state index contributed by atoms with van der Waals surface area (Å²) in [6.07, 6.45) is 4.89. The van der Waals surface area contributed by atoms with Crippen molar-refractivity contribution in [2.75, 3.05) is 0 Å². The summed E-state index contributed by atoms with van der Waals surface area (Å²) >= 11 is 3.58. The molecule has 5 rings (SSSR count). The first-order valence-corrected chi connectivity index (χ1v) is 12.6. The molecule has 0 aliphatic heterocycles. The molecule has 184 valence electrons. The average Bonchev–Trinajstić information content (AvgIpc) is 3.46. The fraction of sp³-hybridized carbons (Fsp3) is 0.200. The summed E-state index contributed by atoms with van der Waals surface area (Å²) in [4.78, 5) is 0. The van der Waals surface area contributed by atoms with Crippen LogP contribution in [0.2, 0.25) is 0 Å². The van der Waals surface area contributed by atoms with Gasteiger partial charge in [-0.15, -0.1) is 11.8 Å². The lowest BCUT2D eigenvalue weighted by atomic mass is 9.80. The predicted octanol–water partition coefficient (Wildman–Crippen LogP) is 5.65. The number of rotatable bonds is 2. The Morgan fingerprint density at radius 3 is 2.17 bits per heavy atom. The van der Waals surface area contributed by atoms with Crippen molar-refractivity contribution >= 4 is 73.6 Å². The van der Waals surface area contributed by atoms with Gasteiger partial charge in [-0.2, -0.15) is 0 Å². The van der Waals surface area contributed by atoms with Gasteiger partial charge in [-0.05, 0) is 81.5 Å². The van der Waals surface area contributed by atoms with E-state index in [1.807, 2.05) is 52.0 Å². The molecule has 4 nitrogen and oxygen atoms in total. The largest absolute Gasteiger partial charge is 0.488 e. The molecule has 5 aromatic rings. The molecule has 0 unspecified atom stereocenters. The highest BCUT2D eigenvalue weighted by molar-refractivity contribution is 9.10. The monoisotopic (exact) mass is 544 g/mol. The molecular weight excluding hydrogens is 515 g/mol. The van der Waals surface area contributed by atoms with Crippen LogP contribution in [0, 0.1) is 11.8 Å². The molecule has 0 saturated carbocycles. The minimum atomic E-state index is -1.45. The molecule has 6 heteroatoms. The molecule has 0 spiro atoms. The average molecular weight is 545 g/mol. The second-order valence-corrected chi connectivity index (χ2v) is 8.84. The molecular formula is C30H30BBrO4. The Bertz CT molecular complexity index is 1660. The zero-order chi connectivity index (χ0) is 26.2. The summed E-state index contributed by atoms with van der Waals surface area (Å²) in [6.45, 7) is 9.64. The fourth-order valence-corrected chi connectivity index (χ4v) is 4.44. The van der Waals surface area contributed by atoms with Crippen molar-refractivity contribution in [3.05, 3.63) is 75.3 Å². The maximum absolute atomic E-state index is 9.12. The number of hydrogen-bond acceptors (Lipinski definition) is 4. The Morgan fingerprint density at radius 2 is 1.56 bits per heavy atom. The highest BCUT2D eigenvalue weighted by Gasteiger charge is 2.13. The second kappa shape index (κ2) is 12.6. The van der Waals surface area contributed by atoms with Gasteiger partial charge < -0.3 is 18.9 Å². The minimum absolute atomic E-state index is 0.471. The Kier molecular flexibility index (Phi) is 9.61. The van der Waals surface area contributed by atoms with E-state index in [4.69, 9.17) is 18.9 Å². The van der Waals surface area contributed by atoms with Crippen molar-refractivity contribution in [3.8, 4) is 11.8 Å². The fourth-order valence-electron chi connectivity index (χ4n) is 3.88. The van der Waals surface area contributed by atoms with Crippen molar-refractivity contribution in [2.24, 2.45) is 0 Å². The summed E-state index contributed by atoms with van der Waals surface area (Å²) in [7, 11) is -1.45. The minimum Gasteiger partial charge on any atom is -0.456 e. The van der Waals surface area contributed by atoms with E-state index in [9.17, 15) is 0 Å². The third-order valence-corrected chi connectivity index (χ3v) is 6.46. The van der Waals surface area contributed by atoms with Crippen LogP contribution in [0.1, 0.15) is 40.2 Å².